The van der Waals surface area contributed by atoms with Gasteiger partial charge in [-0.3, -0.25) is 4.79 Å². The first-order chi connectivity index (χ1) is 7.46. The summed E-state index contributed by atoms with van der Waals surface area (Å²) in [5.41, 5.74) is 0.429. The Labute approximate surface area is 107 Å². The summed E-state index contributed by atoms with van der Waals surface area (Å²) in [5.74, 6) is 3.26. The van der Waals surface area contributed by atoms with Gasteiger partial charge < -0.3 is 0 Å². The third kappa shape index (κ3) is 1.01. The molecule has 3 fully saturated rings. The highest BCUT2D eigenvalue weighted by molar-refractivity contribution is 8.20. The molecule has 0 unspecified atom stereocenters. The van der Waals surface area contributed by atoms with E-state index in [4.69, 9.17) is 0 Å². The first-order valence-electron chi connectivity index (χ1n) is 6.28. The fourth-order valence-corrected chi connectivity index (χ4v) is 8.15. The molecule has 2 atom stereocenters. The lowest BCUT2D eigenvalue weighted by Gasteiger charge is -2.48. The lowest BCUT2D eigenvalue weighted by atomic mass is 9.70. The van der Waals surface area contributed by atoms with E-state index in [1.807, 2.05) is 23.5 Å². The third-order valence-electron chi connectivity index (χ3n) is 5.49. The Morgan fingerprint density at radius 3 is 2.31 bits per heavy atom. The Kier molecular flexibility index (Phi) is 2.31. The second-order valence-corrected chi connectivity index (χ2v) is 9.05. The van der Waals surface area contributed by atoms with Gasteiger partial charge in [0.25, 0.3) is 0 Å². The van der Waals surface area contributed by atoms with E-state index in [9.17, 15) is 4.79 Å². The van der Waals surface area contributed by atoms with Crippen LogP contribution in [0.15, 0.2) is 0 Å². The normalized spacial score (nSPS) is 44.2. The molecule has 90 valence electrons. The van der Waals surface area contributed by atoms with Gasteiger partial charge in [-0.15, -0.1) is 23.5 Å². The number of fused-ring (bicyclic) bond motifs is 3. The molecule has 0 aromatic carbocycles. The van der Waals surface area contributed by atoms with Crippen LogP contribution in [0, 0.1) is 16.7 Å². The van der Waals surface area contributed by atoms with Crippen LogP contribution in [0.5, 0.6) is 0 Å². The van der Waals surface area contributed by atoms with Crippen LogP contribution in [-0.2, 0) is 4.79 Å². The number of carbonyl (C=O) groups excluding carboxylic acids is 1. The average Bonchev–Trinajstić information content (AvgIpc) is 2.55. The minimum Gasteiger partial charge on any atom is -0.297 e. The number of hydrogen-bond acceptors (Lipinski definition) is 3. The van der Waals surface area contributed by atoms with Gasteiger partial charge in [0.2, 0.25) is 0 Å². The van der Waals surface area contributed by atoms with Crippen molar-refractivity contribution < 1.29 is 4.79 Å². The van der Waals surface area contributed by atoms with Crippen LogP contribution < -0.4 is 0 Å². The van der Waals surface area contributed by atoms with Crippen molar-refractivity contribution in [3.05, 3.63) is 0 Å². The predicted octanol–water partition coefficient (Wildman–Crippen LogP) is 3.58. The molecule has 0 radical (unpaired) electrons. The highest BCUT2D eigenvalue weighted by Gasteiger charge is 2.74. The van der Waals surface area contributed by atoms with Crippen molar-refractivity contribution in [3.63, 3.8) is 0 Å². The van der Waals surface area contributed by atoms with Crippen molar-refractivity contribution in [2.75, 3.05) is 11.5 Å². The van der Waals surface area contributed by atoms with E-state index in [0.29, 0.717) is 11.7 Å². The second kappa shape index (κ2) is 3.23. The number of hydrogen-bond donors (Lipinski definition) is 0. The molecule has 1 aliphatic heterocycles. The Hall–Kier alpha value is 0.370. The molecule has 3 heteroatoms. The fraction of sp³-hybridized carbons (Fsp3) is 0.923. The molecular weight excluding hydrogens is 236 g/mol. The summed E-state index contributed by atoms with van der Waals surface area (Å²) in [7, 11) is 0. The fourth-order valence-electron chi connectivity index (χ4n) is 4.04. The summed E-state index contributed by atoms with van der Waals surface area (Å²) < 4.78 is -0.0856. The van der Waals surface area contributed by atoms with Crippen LogP contribution in [0.1, 0.15) is 40.0 Å². The molecule has 1 nitrogen and oxygen atoms in total. The molecular formula is C13H20OS2. The van der Waals surface area contributed by atoms with Crippen LogP contribution >= 0.6 is 23.5 Å². The van der Waals surface area contributed by atoms with Crippen LogP contribution in [0.4, 0.5) is 0 Å². The first-order valence-corrected chi connectivity index (χ1v) is 8.25. The number of thioether (sulfide) groups is 2. The third-order valence-corrected chi connectivity index (χ3v) is 9.30. The molecule has 0 aromatic heterocycles. The second-order valence-electron chi connectivity index (χ2n) is 6.18. The first kappa shape index (κ1) is 11.5. The quantitative estimate of drug-likeness (QED) is 0.659. The van der Waals surface area contributed by atoms with Gasteiger partial charge in [0, 0.05) is 11.3 Å². The minimum atomic E-state index is -0.0856. The van der Waals surface area contributed by atoms with Gasteiger partial charge in [0.05, 0.1) is 0 Å². The van der Waals surface area contributed by atoms with Crippen LogP contribution in [0.3, 0.4) is 0 Å². The number of Topliss-reactive ketones (excluding diaryl/α,β-unsaturated/α-hetero) is 1. The molecule has 1 spiro atoms. The van der Waals surface area contributed by atoms with Crippen LogP contribution in [0.2, 0.25) is 0 Å². The molecule has 2 aliphatic carbocycles. The number of carbonyl (C=O) groups is 1. The maximum Gasteiger partial charge on any atom is 0.163 e. The highest BCUT2D eigenvalue weighted by Crippen LogP contribution is 2.75. The van der Waals surface area contributed by atoms with Gasteiger partial charge in [0.1, 0.15) is 4.08 Å². The Balaban J connectivity index is 2.11. The zero-order chi connectivity index (χ0) is 11.6. The summed E-state index contributed by atoms with van der Waals surface area (Å²) >= 11 is 3.92. The monoisotopic (exact) mass is 256 g/mol. The topological polar surface area (TPSA) is 17.1 Å². The molecule has 1 saturated heterocycles. The summed E-state index contributed by atoms with van der Waals surface area (Å²) in [6.07, 6.45) is 3.65. The highest BCUT2D eigenvalue weighted by atomic mass is 32.2. The Morgan fingerprint density at radius 2 is 1.81 bits per heavy atom. The van der Waals surface area contributed by atoms with Gasteiger partial charge in [-0.1, -0.05) is 20.8 Å². The maximum atomic E-state index is 12.7. The van der Waals surface area contributed by atoms with Crippen LogP contribution in [-0.4, -0.2) is 21.4 Å². The van der Waals surface area contributed by atoms with E-state index in [-0.39, 0.29) is 14.9 Å². The molecule has 0 amide bonds. The van der Waals surface area contributed by atoms with Crippen molar-refractivity contribution in [3.8, 4) is 0 Å². The standard InChI is InChI=1S/C13H20OS2/c1-11(2)9-5-6-12(11,3)13(10(9)14)15-7-4-8-16-13/h9H,4-8H2,1-3H3/t9-,12-/m1/s1. The SMILES string of the molecule is CC1(C)[C@@H]2CC[C@@]1(C)C1(SCCCS1)C2=O. The average molecular weight is 256 g/mol. The van der Waals surface area contributed by atoms with E-state index < -0.39 is 0 Å². The van der Waals surface area contributed by atoms with Crippen LogP contribution in [0.25, 0.3) is 0 Å². The zero-order valence-corrected chi connectivity index (χ0v) is 12.0. The van der Waals surface area contributed by atoms with Gasteiger partial charge in [-0.2, -0.15) is 0 Å². The predicted molar refractivity (Wildman–Crippen MR) is 71.9 cm³/mol. The maximum absolute atomic E-state index is 12.7. The zero-order valence-electron chi connectivity index (χ0n) is 10.3. The molecule has 0 aromatic rings. The molecule has 16 heavy (non-hydrogen) atoms. The van der Waals surface area contributed by atoms with E-state index in [0.717, 1.165) is 6.42 Å². The van der Waals surface area contributed by atoms with Gasteiger partial charge in [-0.05, 0) is 36.2 Å². The lowest BCUT2D eigenvalue weighted by molar-refractivity contribution is -0.123. The molecule has 0 N–H and O–H groups in total. The van der Waals surface area contributed by atoms with Crippen molar-refractivity contribution in [2.45, 2.75) is 44.1 Å². The van der Waals surface area contributed by atoms with E-state index in [1.165, 1.54) is 24.3 Å². The van der Waals surface area contributed by atoms with Gasteiger partial charge in [0.15, 0.2) is 5.78 Å². The summed E-state index contributed by atoms with van der Waals surface area (Å²) in [6.45, 7) is 7.03. The molecule has 2 bridgehead atoms. The minimum absolute atomic E-state index is 0.0856. The van der Waals surface area contributed by atoms with Gasteiger partial charge >= 0.3 is 0 Å². The van der Waals surface area contributed by atoms with Crippen molar-refractivity contribution in [1.29, 1.82) is 0 Å². The van der Waals surface area contributed by atoms with E-state index >= 15 is 0 Å². The van der Waals surface area contributed by atoms with Crippen molar-refractivity contribution >= 4 is 29.3 Å². The largest absolute Gasteiger partial charge is 0.297 e. The van der Waals surface area contributed by atoms with Gasteiger partial charge in [-0.25, -0.2) is 0 Å². The van der Waals surface area contributed by atoms with E-state index in [1.54, 1.807) is 0 Å². The van der Waals surface area contributed by atoms with Crippen molar-refractivity contribution in [2.24, 2.45) is 16.7 Å². The number of ketones is 1. The van der Waals surface area contributed by atoms with Crippen molar-refractivity contribution in [1.82, 2.24) is 0 Å². The lowest BCUT2D eigenvalue weighted by Crippen LogP contribution is -2.48. The summed E-state index contributed by atoms with van der Waals surface area (Å²) in [5, 5.41) is 0. The number of rotatable bonds is 0. The Bertz CT molecular complexity index is 344. The molecule has 3 aliphatic rings. The summed E-state index contributed by atoms with van der Waals surface area (Å²) in [6, 6.07) is 0. The molecule has 3 rings (SSSR count). The Morgan fingerprint density at radius 1 is 1.19 bits per heavy atom. The molecule has 1 heterocycles. The van der Waals surface area contributed by atoms with E-state index in [2.05, 4.69) is 20.8 Å². The summed E-state index contributed by atoms with van der Waals surface area (Å²) in [4.78, 5) is 12.7. The molecule has 2 saturated carbocycles. The smallest absolute Gasteiger partial charge is 0.163 e.